The molecule has 4 aromatic heterocycles. The van der Waals surface area contributed by atoms with Crippen molar-refractivity contribution in [3.63, 3.8) is 0 Å². The minimum atomic E-state index is 0.722. The molecule has 13 aromatic rings. The summed E-state index contributed by atoms with van der Waals surface area (Å²) in [7, 11) is 0. The second kappa shape index (κ2) is 16.8. The lowest BCUT2D eigenvalue weighted by atomic mass is 9.98. The molecule has 0 aliphatic carbocycles. The molecule has 13 rings (SSSR count). The van der Waals surface area contributed by atoms with Gasteiger partial charge in [-0.15, -0.1) is 22.7 Å². The molecule has 4 heterocycles. The van der Waals surface area contributed by atoms with Crippen LogP contribution >= 0.6 is 22.7 Å². The largest absolute Gasteiger partial charge is 0.227 e. The van der Waals surface area contributed by atoms with Gasteiger partial charge in [0.1, 0.15) is 9.66 Å². The van der Waals surface area contributed by atoms with Gasteiger partial charge in [-0.25, -0.2) is 19.9 Å². The van der Waals surface area contributed by atoms with E-state index in [1.54, 1.807) is 22.7 Å². The molecule has 0 atom stereocenters. The van der Waals surface area contributed by atoms with E-state index in [1.165, 1.54) is 42.4 Å². The number of hydrogen-bond acceptors (Lipinski definition) is 6. The van der Waals surface area contributed by atoms with Crippen molar-refractivity contribution < 1.29 is 0 Å². The number of hydrogen-bond donors (Lipinski definition) is 0. The first-order valence-electron chi connectivity index (χ1n) is 22.7. The minimum absolute atomic E-state index is 0.722. The lowest BCUT2D eigenvalue weighted by Gasteiger charge is -2.10. The van der Waals surface area contributed by atoms with Gasteiger partial charge in [-0.2, -0.15) is 0 Å². The molecule has 0 spiro atoms. The van der Waals surface area contributed by atoms with Crippen LogP contribution in [0.2, 0.25) is 0 Å². The fourth-order valence-corrected chi connectivity index (χ4v) is 11.5. The van der Waals surface area contributed by atoms with Crippen molar-refractivity contribution in [3.8, 4) is 89.8 Å². The molecule has 0 N–H and O–H groups in total. The molecule has 4 nitrogen and oxygen atoms in total. The van der Waals surface area contributed by atoms with Crippen LogP contribution in [-0.4, -0.2) is 19.9 Å². The summed E-state index contributed by atoms with van der Waals surface area (Å²) in [4.78, 5) is 22.9. The summed E-state index contributed by atoms with van der Waals surface area (Å²) in [5, 5.41) is 4.58. The normalized spacial score (nSPS) is 11.5. The predicted octanol–water partition coefficient (Wildman–Crippen LogP) is 17.3. The van der Waals surface area contributed by atoms with Crippen LogP contribution in [-0.2, 0) is 0 Å². The van der Waals surface area contributed by atoms with Gasteiger partial charge in [0.25, 0.3) is 0 Å². The molecule has 0 bridgehead atoms. The first-order chi connectivity index (χ1) is 33.7. The summed E-state index contributed by atoms with van der Waals surface area (Å²) in [6.45, 7) is 0. The molecule has 6 heteroatoms. The van der Waals surface area contributed by atoms with E-state index in [4.69, 9.17) is 19.9 Å². The van der Waals surface area contributed by atoms with Crippen molar-refractivity contribution >= 4 is 63.3 Å². The van der Waals surface area contributed by atoms with Crippen molar-refractivity contribution in [3.05, 3.63) is 231 Å². The maximum Gasteiger partial charge on any atom is 0.161 e. The average molecular weight is 903 g/mol. The molecule has 0 fully saturated rings. The summed E-state index contributed by atoms with van der Waals surface area (Å²) >= 11 is 3.44. The van der Waals surface area contributed by atoms with Gasteiger partial charge in [0.2, 0.25) is 0 Å². The maximum atomic E-state index is 5.28. The quantitative estimate of drug-likeness (QED) is 0.152. The number of nitrogens with zero attached hydrogens (tertiary/aromatic N) is 4. The van der Waals surface area contributed by atoms with E-state index in [1.807, 2.05) is 0 Å². The summed E-state index contributed by atoms with van der Waals surface area (Å²) in [6.07, 6.45) is 0. The van der Waals surface area contributed by atoms with Crippen molar-refractivity contribution in [1.82, 2.24) is 19.9 Å². The Labute approximate surface area is 401 Å². The first-order valence-corrected chi connectivity index (χ1v) is 24.3. The summed E-state index contributed by atoms with van der Waals surface area (Å²) < 4.78 is 2.42. The Morgan fingerprint density at radius 3 is 0.824 bits per heavy atom. The SMILES string of the molecule is c1ccc(-c2ccc(-c3nc(-c4ccc(-c5ccc(-c6ccc(-c7nc(-c8ccc(-c9ccccc9)cc8)c8c(n7)sc7ccccc78)cc6)cc5)cc4)nc4sc5ccccc5c34)cc2)cc1. The van der Waals surface area contributed by atoms with E-state index in [2.05, 4.69) is 231 Å². The van der Waals surface area contributed by atoms with Crippen molar-refractivity contribution in [2.24, 2.45) is 0 Å². The third-order valence-electron chi connectivity index (χ3n) is 12.8. The fraction of sp³-hybridized carbons (Fsp3) is 0. The lowest BCUT2D eigenvalue weighted by Crippen LogP contribution is -1.94. The van der Waals surface area contributed by atoms with Gasteiger partial charge in [0.15, 0.2) is 11.6 Å². The number of fused-ring (bicyclic) bond motifs is 6. The standard InChI is InChI=1S/C62H38N4S2/c1-3-11-39(12-4-1)41-23-31-47(32-24-41)57-55-51-15-7-9-17-53(51)67-61(55)65-59(63-57)49-35-27-45(28-36-49)43-19-21-44(22-20-43)46-29-37-50(38-30-46)60-64-58(56-52-16-8-10-18-54(52)68-62(56)66-60)48-33-25-42(26-34-48)40-13-5-2-6-14-40/h1-38H. The zero-order valence-corrected chi connectivity index (χ0v) is 38.2. The van der Waals surface area contributed by atoms with E-state index in [-0.39, 0.29) is 0 Å². The Morgan fingerprint density at radius 2 is 0.485 bits per heavy atom. The van der Waals surface area contributed by atoms with Crippen molar-refractivity contribution in [1.29, 1.82) is 0 Å². The zero-order chi connectivity index (χ0) is 45.0. The van der Waals surface area contributed by atoms with Crippen LogP contribution in [0.3, 0.4) is 0 Å². The van der Waals surface area contributed by atoms with Crippen LogP contribution < -0.4 is 0 Å². The van der Waals surface area contributed by atoms with E-state index < -0.39 is 0 Å². The molecule has 68 heavy (non-hydrogen) atoms. The van der Waals surface area contributed by atoms with Crippen LogP contribution in [0.4, 0.5) is 0 Å². The van der Waals surface area contributed by atoms with Gasteiger partial charge in [0, 0.05) is 53.2 Å². The second-order valence-electron chi connectivity index (χ2n) is 17.0. The Morgan fingerprint density at radius 1 is 0.221 bits per heavy atom. The molecule has 0 unspecified atom stereocenters. The smallest absolute Gasteiger partial charge is 0.161 e. The highest BCUT2D eigenvalue weighted by atomic mass is 32.1. The Balaban J connectivity index is 0.779. The van der Waals surface area contributed by atoms with E-state index in [0.717, 1.165) is 88.0 Å². The molecule has 0 aliphatic rings. The zero-order valence-electron chi connectivity index (χ0n) is 36.5. The van der Waals surface area contributed by atoms with Gasteiger partial charge in [-0.05, 0) is 56.6 Å². The molecule has 0 radical (unpaired) electrons. The highest BCUT2D eigenvalue weighted by Crippen LogP contribution is 2.42. The van der Waals surface area contributed by atoms with Crippen molar-refractivity contribution in [2.45, 2.75) is 0 Å². The van der Waals surface area contributed by atoms with Crippen LogP contribution in [0, 0.1) is 0 Å². The third-order valence-corrected chi connectivity index (χ3v) is 15.0. The second-order valence-corrected chi connectivity index (χ2v) is 19.0. The number of rotatable bonds is 8. The fourth-order valence-electron chi connectivity index (χ4n) is 9.30. The minimum Gasteiger partial charge on any atom is -0.227 e. The topological polar surface area (TPSA) is 51.6 Å². The Bertz CT molecular complexity index is 3690. The number of thiophene rings is 2. The third kappa shape index (κ3) is 7.24. The monoisotopic (exact) mass is 902 g/mol. The van der Waals surface area contributed by atoms with E-state index >= 15 is 0 Å². The Hall–Kier alpha value is -8.42. The highest BCUT2D eigenvalue weighted by Gasteiger charge is 2.19. The van der Waals surface area contributed by atoms with Gasteiger partial charge < -0.3 is 0 Å². The summed E-state index contributed by atoms with van der Waals surface area (Å²) in [5.74, 6) is 1.44. The van der Waals surface area contributed by atoms with Gasteiger partial charge in [0.05, 0.1) is 11.4 Å². The molecular weight excluding hydrogens is 865 g/mol. The number of aromatic nitrogens is 4. The van der Waals surface area contributed by atoms with Crippen LogP contribution in [0.1, 0.15) is 0 Å². The highest BCUT2D eigenvalue weighted by molar-refractivity contribution is 7.26. The molecule has 318 valence electrons. The molecule has 0 saturated heterocycles. The van der Waals surface area contributed by atoms with Crippen LogP contribution in [0.5, 0.6) is 0 Å². The molecular formula is C62H38N4S2. The Kier molecular flexibility index (Phi) is 9.85. The number of benzene rings is 9. The van der Waals surface area contributed by atoms with E-state index in [0.29, 0.717) is 0 Å². The molecule has 0 saturated carbocycles. The summed E-state index contributed by atoms with van der Waals surface area (Å²) in [5.41, 5.74) is 15.3. The molecule has 9 aromatic carbocycles. The van der Waals surface area contributed by atoms with Crippen LogP contribution in [0.15, 0.2) is 231 Å². The van der Waals surface area contributed by atoms with Crippen molar-refractivity contribution in [2.75, 3.05) is 0 Å². The van der Waals surface area contributed by atoms with Gasteiger partial charge >= 0.3 is 0 Å². The van der Waals surface area contributed by atoms with E-state index in [9.17, 15) is 0 Å². The predicted molar refractivity (Wildman–Crippen MR) is 287 cm³/mol. The van der Waals surface area contributed by atoms with Gasteiger partial charge in [-0.1, -0.05) is 218 Å². The first kappa shape index (κ1) is 39.9. The maximum absolute atomic E-state index is 5.28. The molecule has 0 amide bonds. The van der Waals surface area contributed by atoms with Gasteiger partial charge in [-0.3, -0.25) is 0 Å². The lowest BCUT2D eigenvalue weighted by molar-refractivity contribution is 1.24. The summed E-state index contributed by atoms with van der Waals surface area (Å²) in [6, 6.07) is 81.6. The van der Waals surface area contributed by atoms with Crippen LogP contribution in [0.25, 0.3) is 130 Å². The molecule has 0 aliphatic heterocycles. The average Bonchev–Trinajstić information content (AvgIpc) is 4.00.